The monoisotopic (exact) mass is 529 g/mol. The van der Waals surface area contributed by atoms with E-state index in [9.17, 15) is 20.0 Å². The molecule has 1 amide bonds. The molecule has 1 heterocycles. The first-order chi connectivity index (χ1) is 16.1. The van der Waals surface area contributed by atoms with Gasteiger partial charge in [0.05, 0.1) is 17.5 Å². The highest BCUT2D eigenvalue weighted by Gasteiger charge is 2.66. The fourth-order valence-corrected chi connectivity index (χ4v) is 5.72. The number of likely N-dealkylation sites (tertiary alicyclic amines) is 1. The summed E-state index contributed by atoms with van der Waals surface area (Å²) in [6, 6.07) is 6.44. The van der Waals surface area contributed by atoms with E-state index in [0.717, 1.165) is 12.8 Å². The summed E-state index contributed by atoms with van der Waals surface area (Å²) >= 11 is 18.2. The number of aliphatic hydroxyl groups is 1. The molecule has 34 heavy (non-hydrogen) atoms. The summed E-state index contributed by atoms with van der Waals surface area (Å²) in [7, 11) is 0. The number of aliphatic hydroxyl groups excluding tert-OH is 1. The van der Waals surface area contributed by atoms with Crippen LogP contribution in [0, 0.1) is 21.8 Å². The van der Waals surface area contributed by atoms with Gasteiger partial charge in [-0.15, -0.1) is 0 Å². The number of hydrogen-bond donors (Lipinski definition) is 2. The Morgan fingerprint density at radius 2 is 1.97 bits per heavy atom. The highest BCUT2D eigenvalue weighted by molar-refractivity contribution is 6.34. The summed E-state index contributed by atoms with van der Waals surface area (Å²) in [5.41, 5.74) is -1.36. The summed E-state index contributed by atoms with van der Waals surface area (Å²) in [5.74, 6) is -2.52. The number of nitrogens with zero attached hydrogens (tertiary/aromatic N) is 2. The number of carbonyl (C=O) groups excluding carboxylic acids is 1. The van der Waals surface area contributed by atoms with E-state index >= 15 is 4.39 Å². The molecule has 182 valence electrons. The minimum atomic E-state index is -1.61. The van der Waals surface area contributed by atoms with Crippen molar-refractivity contribution in [1.82, 2.24) is 4.90 Å². The van der Waals surface area contributed by atoms with Gasteiger partial charge in [0.2, 0.25) is 11.9 Å². The molecule has 7 nitrogen and oxygen atoms in total. The molecule has 1 saturated heterocycles. The summed E-state index contributed by atoms with van der Waals surface area (Å²) in [4.78, 5) is 27.3. The van der Waals surface area contributed by atoms with Crippen molar-refractivity contribution in [2.24, 2.45) is 5.92 Å². The van der Waals surface area contributed by atoms with Crippen molar-refractivity contribution in [3.05, 3.63) is 73.0 Å². The number of halogens is 4. The number of benzene rings is 2. The second-order valence-electron chi connectivity index (χ2n) is 9.00. The summed E-state index contributed by atoms with van der Waals surface area (Å²) in [6.07, 6.45) is 1.82. The lowest BCUT2D eigenvalue weighted by Crippen LogP contribution is -2.56. The third kappa shape index (κ3) is 4.50. The van der Waals surface area contributed by atoms with Crippen LogP contribution in [0.25, 0.3) is 0 Å². The number of amides is 1. The van der Waals surface area contributed by atoms with E-state index < -0.39 is 46.8 Å². The Hall–Kier alpha value is -1.97. The largest absolute Gasteiger partial charge is 0.394 e. The van der Waals surface area contributed by atoms with E-state index in [1.165, 1.54) is 12.1 Å². The topological polar surface area (TPSA) is 95.7 Å². The molecular weight excluding hydrogens is 508 g/mol. The van der Waals surface area contributed by atoms with Crippen molar-refractivity contribution >= 4 is 46.4 Å². The Kier molecular flexibility index (Phi) is 7.09. The lowest BCUT2D eigenvalue weighted by Gasteiger charge is -2.39. The molecule has 1 aliphatic carbocycles. The molecule has 4 atom stereocenters. The molecule has 0 bridgehead atoms. The number of anilines is 1. The standard InChI is InChI=1S/C23H23Cl3FN3O4/c1-23(22(32)28-15-4-2-3-13(24)7-15)19(16-8-14(25)9-17(26)20(16)27)21(30(33)34)18(11-31)29(23)10-12-5-6-12/h2-4,7-9,12,18-19,21,31H,5-6,10-11H2,1H3,(H,28,32)/t18-,19-,21+,23+/m0/s1. The smallest absolute Gasteiger partial charge is 0.245 e. The molecular formula is C23H23Cl3FN3O4. The van der Waals surface area contributed by atoms with Gasteiger partial charge in [0.1, 0.15) is 17.4 Å². The fourth-order valence-electron chi connectivity index (χ4n) is 5.02. The van der Waals surface area contributed by atoms with E-state index in [4.69, 9.17) is 34.8 Å². The number of nitrogens with one attached hydrogen (secondary N) is 1. The fraction of sp³-hybridized carbons (Fsp3) is 0.435. The van der Waals surface area contributed by atoms with Crippen molar-refractivity contribution in [2.75, 3.05) is 18.5 Å². The lowest BCUT2D eigenvalue weighted by molar-refractivity contribution is -0.528. The highest BCUT2D eigenvalue weighted by Crippen LogP contribution is 2.50. The average molecular weight is 531 g/mol. The molecule has 1 saturated carbocycles. The zero-order valence-electron chi connectivity index (χ0n) is 18.2. The van der Waals surface area contributed by atoms with E-state index in [0.29, 0.717) is 17.3 Å². The maximum absolute atomic E-state index is 15.3. The van der Waals surface area contributed by atoms with Gasteiger partial charge >= 0.3 is 0 Å². The molecule has 11 heteroatoms. The number of nitro groups is 1. The number of hydrogen-bond acceptors (Lipinski definition) is 5. The van der Waals surface area contributed by atoms with E-state index in [1.807, 2.05) is 0 Å². The predicted octanol–water partition coefficient (Wildman–Crippen LogP) is 5.00. The molecule has 0 unspecified atom stereocenters. The number of rotatable bonds is 7. The van der Waals surface area contributed by atoms with Crippen LogP contribution in [0.15, 0.2) is 36.4 Å². The molecule has 4 rings (SSSR count). The summed E-state index contributed by atoms with van der Waals surface area (Å²) < 4.78 is 15.3. The molecule has 2 N–H and O–H groups in total. The van der Waals surface area contributed by atoms with Crippen LogP contribution in [0.2, 0.25) is 15.1 Å². The quantitative estimate of drug-likeness (QED) is 0.298. The van der Waals surface area contributed by atoms with E-state index in [-0.39, 0.29) is 21.5 Å². The van der Waals surface area contributed by atoms with Gasteiger partial charge in [-0.05, 0) is 56.0 Å². The van der Waals surface area contributed by atoms with Crippen LogP contribution < -0.4 is 5.32 Å². The van der Waals surface area contributed by atoms with Crippen LogP contribution in [0.5, 0.6) is 0 Å². The van der Waals surface area contributed by atoms with Crippen LogP contribution in [-0.4, -0.2) is 51.6 Å². The first-order valence-electron chi connectivity index (χ1n) is 10.8. The van der Waals surface area contributed by atoms with Gasteiger partial charge in [0, 0.05) is 32.8 Å². The van der Waals surface area contributed by atoms with Gasteiger partial charge < -0.3 is 10.4 Å². The van der Waals surface area contributed by atoms with Crippen molar-refractivity contribution in [1.29, 1.82) is 0 Å². The summed E-state index contributed by atoms with van der Waals surface area (Å²) in [6.45, 7) is 1.31. The van der Waals surface area contributed by atoms with Crippen molar-refractivity contribution in [2.45, 2.75) is 43.3 Å². The second kappa shape index (κ2) is 9.59. The van der Waals surface area contributed by atoms with Gasteiger partial charge in [-0.1, -0.05) is 40.9 Å². The first kappa shape index (κ1) is 25.1. The minimum absolute atomic E-state index is 0.0855. The van der Waals surface area contributed by atoms with Crippen LogP contribution in [0.1, 0.15) is 31.2 Å². The highest BCUT2D eigenvalue weighted by atomic mass is 35.5. The molecule has 2 aromatic rings. The predicted molar refractivity (Wildman–Crippen MR) is 129 cm³/mol. The minimum Gasteiger partial charge on any atom is -0.394 e. The molecule has 1 aliphatic heterocycles. The van der Waals surface area contributed by atoms with Gasteiger partial charge in [-0.3, -0.25) is 19.8 Å². The van der Waals surface area contributed by atoms with E-state index in [1.54, 1.807) is 36.1 Å². The Balaban J connectivity index is 1.89. The average Bonchev–Trinajstić information content (AvgIpc) is 3.55. The summed E-state index contributed by atoms with van der Waals surface area (Å²) in [5, 5.41) is 25.5. The van der Waals surface area contributed by atoms with Crippen LogP contribution in [0.4, 0.5) is 10.1 Å². The normalized spacial score (nSPS) is 27.1. The third-order valence-corrected chi connectivity index (χ3v) is 7.55. The first-order valence-corrected chi connectivity index (χ1v) is 11.9. The van der Waals surface area contributed by atoms with Crippen LogP contribution >= 0.6 is 34.8 Å². The van der Waals surface area contributed by atoms with Gasteiger partial charge in [-0.25, -0.2) is 4.39 Å². The maximum Gasteiger partial charge on any atom is 0.245 e. The Morgan fingerprint density at radius 1 is 1.26 bits per heavy atom. The maximum atomic E-state index is 15.3. The zero-order chi connectivity index (χ0) is 24.8. The molecule has 0 radical (unpaired) electrons. The molecule has 2 aliphatic rings. The Bertz CT molecular complexity index is 1130. The molecule has 2 aromatic carbocycles. The number of carbonyl (C=O) groups is 1. The Labute approximate surface area is 210 Å². The molecule has 0 spiro atoms. The van der Waals surface area contributed by atoms with Gasteiger partial charge in [0.25, 0.3) is 0 Å². The SMILES string of the molecule is C[C@]1(C(=O)Nc2cccc(Cl)c2)[C@@H](c2cc(Cl)cc(Cl)c2F)[C@H]([N+](=O)[O-])[C@H](CO)N1CC1CC1. The van der Waals surface area contributed by atoms with Gasteiger partial charge in [0.15, 0.2) is 0 Å². The van der Waals surface area contributed by atoms with Crippen molar-refractivity contribution in [3.8, 4) is 0 Å². The molecule has 2 fully saturated rings. The third-order valence-electron chi connectivity index (χ3n) is 6.82. The zero-order valence-corrected chi connectivity index (χ0v) is 20.4. The van der Waals surface area contributed by atoms with Crippen LogP contribution in [-0.2, 0) is 4.79 Å². The second-order valence-corrected chi connectivity index (χ2v) is 10.3. The van der Waals surface area contributed by atoms with E-state index in [2.05, 4.69) is 5.32 Å². The Morgan fingerprint density at radius 3 is 2.56 bits per heavy atom. The van der Waals surface area contributed by atoms with Crippen LogP contribution in [0.3, 0.4) is 0 Å². The lowest BCUT2D eigenvalue weighted by atomic mass is 9.77. The van der Waals surface area contributed by atoms with Crippen molar-refractivity contribution < 1.29 is 19.2 Å². The van der Waals surface area contributed by atoms with Crippen molar-refractivity contribution in [3.63, 3.8) is 0 Å². The molecule has 0 aromatic heterocycles. The van der Waals surface area contributed by atoms with Gasteiger partial charge in [-0.2, -0.15) is 0 Å².